The van der Waals surface area contributed by atoms with Crippen LogP contribution >= 0.6 is 28.1 Å². The van der Waals surface area contributed by atoms with Crippen molar-refractivity contribution in [3.05, 3.63) is 44.1 Å². The van der Waals surface area contributed by atoms with E-state index in [-0.39, 0.29) is 0 Å². The van der Waals surface area contributed by atoms with Gasteiger partial charge in [-0.25, -0.2) is 4.98 Å². The molecule has 0 unspecified atom stereocenters. The van der Waals surface area contributed by atoms with E-state index < -0.39 is 0 Å². The smallest absolute Gasteiger partial charge is 0.139 e. The van der Waals surface area contributed by atoms with Crippen LogP contribution in [-0.4, -0.2) is 16.5 Å². The third-order valence-corrected chi connectivity index (χ3v) is 4.60. The van der Waals surface area contributed by atoms with Gasteiger partial charge in [0.1, 0.15) is 10.5 Å². The minimum Gasteiger partial charge on any atom is -0.343 e. The first-order valence-corrected chi connectivity index (χ1v) is 7.44. The van der Waals surface area contributed by atoms with Crippen molar-refractivity contribution in [2.45, 2.75) is 19.9 Å². The summed E-state index contributed by atoms with van der Waals surface area (Å²) in [5.41, 5.74) is 4.62. The SMILES string of the molecule is Cc1ccc(-c2nc(=S)c3c([nH]2)CCNC3)cc1Br. The number of halogens is 1. The molecular weight excluding hydrogens is 322 g/mol. The lowest BCUT2D eigenvalue weighted by atomic mass is 10.1. The zero-order chi connectivity index (χ0) is 13.4. The van der Waals surface area contributed by atoms with E-state index >= 15 is 0 Å². The Kier molecular flexibility index (Phi) is 3.52. The van der Waals surface area contributed by atoms with Crippen LogP contribution in [0.2, 0.25) is 0 Å². The quantitative estimate of drug-likeness (QED) is 0.783. The van der Waals surface area contributed by atoms with Crippen LogP contribution in [0.3, 0.4) is 0 Å². The molecule has 3 rings (SSSR count). The fourth-order valence-electron chi connectivity index (χ4n) is 2.24. The number of nitrogens with one attached hydrogen (secondary N) is 2. The van der Waals surface area contributed by atoms with Crippen LogP contribution in [0.5, 0.6) is 0 Å². The molecule has 0 atom stereocenters. The minimum absolute atomic E-state index is 0.702. The van der Waals surface area contributed by atoms with Gasteiger partial charge in [-0.15, -0.1) is 0 Å². The molecule has 1 aromatic carbocycles. The summed E-state index contributed by atoms with van der Waals surface area (Å²) < 4.78 is 1.79. The largest absolute Gasteiger partial charge is 0.343 e. The number of H-pyrrole nitrogens is 1. The molecule has 0 radical (unpaired) electrons. The molecule has 0 saturated heterocycles. The Morgan fingerprint density at radius 3 is 3.00 bits per heavy atom. The molecule has 19 heavy (non-hydrogen) atoms. The molecule has 0 aliphatic carbocycles. The highest BCUT2D eigenvalue weighted by Crippen LogP contribution is 2.24. The molecule has 0 fully saturated rings. The molecule has 0 saturated carbocycles. The standard InChI is InChI=1S/C14H14BrN3S/c1-8-2-3-9(6-11(8)15)13-17-12-4-5-16-7-10(12)14(19)18-13/h2-3,6,16H,4-5,7H2,1H3,(H,17,18,19). The third kappa shape index (κ3) is 2.50. The minimum atomic E-state index is 0.702. The van der Waals surface area contributed by atoms with E-state index in [1.54, 1.807) is 0 Å². The van der Waals surface area contributed by atoms with Gasteiger partial charge in [0.15, 0.2) is 0 Å². The highest BCUT2D eigenvalue weighted by molar-refractivity contribution is 9.10. The molecule has 2 heterocycles. The molecule has 5 heteroatoms. The predicted molar refractivity (Wildman–Crippen MR) is 82.7 cm³/mol. The van der Waals surface area contributed by atoms with Crippen molar-refractivity contribution in [3.8, 4) is 11.4 Å². The van der Waals surface area contributed by atoms with Crippen LogP contribution in [0.15, 0.2) is 22.7 Å². The maximum Gasteiger partial charge on any atom is 0.139 e. The molecule has 3 nitrogen and oxygen atoms in total. The van der Waals surface area contributed by atoms with Crippen molar-refractivity contribution in [2.75, 3.05) is 6.54 Å². The lowest BCUT2D eigenvalue weighted by Crippen LogP contribution is -2.25. The van der Waals surface area contributed by atoms with Gasteiger partial charge >= 0.3 is 0 Å². The Labute approximate surface area is 125 Å². The summed E-state index contributed by atoms with van der Waals surface area (Å²) >= 11 is 8.96. The van der Waals surface area contributed by atoms with Crippen LogP contribution < -0.4 is 5.32 Å². The Hall–Kier alpha value is -1.04. The summed E-state index contributed by atoms with van der Waals surface area (Å²) in [6.45, 7) is 3.87. The molecule has 1 aromatic heterocycles. The van der Waals surface area contributed by atoms with E-state index in [9.17, 15) is 0 Å². The average molecular weight is 336 g/mol. The highest BCUT2D eigenvalue weighted by Gasteiger charge is 2.13. The first-order chi connectivity index (χ1) is 9.15. The summed E-state index contributed by atoms with van der Waals surface area (Å²) in [6, 6.07) is 6.23. The van der Waals surface area contributed by atoms with Crippen LogP contribution in [0.4, 0.5) is 0 Å². The van der Waals surface area contributed by atoms with E-state index in [2.05, 4.69) is 56.3 Å². The van der Waals surface area contributed by atoms with Gasteiger partial charge in [0, 0.05) is 40.8 Å². The molecule has 98 valence electrons. The van der Waals surface area contributed by atoms with Crippen molar-refractivity contribution >= 4 is 28.1 Å². The maximum absolute atomic E-state index is 5.40. The van der Waals surface area contributed by atoms with E-state index in [0.717, 1.165) is 40.9 Å². The van der Waals surface area contributed by atoms with Crippen LogP contribution in [0.25, 0.3) is 11.4 Å². The topological polar surface area (TPSA) is 40.7 Å². The second kappa shape index (κ2) is 5.15. The molecule has 2 N–H and O–H groups in total. The van der Waals surface area contributed by atoms with Gasteiger partial charge in [-0.1, -0.05) is 40.3 Å². The second-order valence-corrected chi connectivity index (χ2v) is 5.98. The van der Waals surface area contributed by atoms with Crippen LogP contribution in [0, 0.1) is 11.6 Å². The van der Waals surface area contributed by atoms with Crippen LogP contribution in [0.1, 0.15) is 16.8 Å². The molecule has 1 aliphatic rings. The van der Waals surface area contributed by atoms with Crippen LogP contribution in [-0.2, 0) is 13.0 Å². The molecular formula is C14H14BrN3S. The van der Waals surface area contributed by atoms with Gasteiger partial charge in [-0.2, -0.15) is 0 Å². The number of aromatic nitrogens is 2. The summed E-state index contributed by atoms with van der Waals surface area (Å²) in [7, 11) is 0. The number of aryl methyl sites for hydroxylation is 1. The number of rotatable bonds is 1. The normalized spacial score (nSPS) is 14.2. The average Bonchev–Trinajstić information content (AvgIpc) is 2.42. The van der Waals surface area contributed by atoms with E-state index in [1.165, 1.54) is 11.3 Å². The number of fused-ring (bicyclic) bond motifs is 1. The number of hydrogen-bond donors (Lipinski definition) is 2. The predicted octanol–water partition coefficient (Wildman–Crippen LogP) is 3.52. The number of benzene rings is 1. The Morgan fingerprint density at radius 2 is 2.21 bits per heavy atom. The molecule has 0 amide bonds. The fourth-order valence-corrected chi connectivity index (χ4v) is 2.91. The van der Waals surface area contributed by atoms with Gasteiger partial charge in [0.05, 0.1) is 0 Å². The second-order valence-electron chi connectivity index (χ2n) is 4.74. The van der Waals surface area contributed by atoms with Gasteiger partial charge in [0.2, 0.25) is 0 Å². The van der Waals surface area contributed by atoms with Crippen molar-refractivity contribution in [1.29, 1.82) is 0 Å². The number of aromatic amines is 1. The molecule has 2 aromatic rings. The Balaban J connectivity index is 2.12. The lowest BCUT2D eigenvalue weighted by Gasteiger charge is -2.17. The van der Waals surface area contributed by atoms with Gasteiger partial charge in [-0.05, 0) is 18.6 Å². The fraction of sp³-hybridized carbons (Fsp3) is 0.286. The Bertz CT molecular complexity index is 694. The highest BCUT2D eigenvalue weighted by atomic mass is 79.9. The maximum atomic E-state index is 5.40. The summed E-state index contributed by atoms with van der Waals surface area (Å²) in [5.74, 6) is 0.853. The first-order valence-electron chi connectivity index (χ1n) is 6.24. The zero-order valence-electron chi connectivity index (χ0n) is 10.6. The van der Waals surface area contributed by atoms with Crippen molar-refractivity contribution in [1.82, 2.24) is 15.3 Å². The zero-order valence-corrected chi connectivity index (χ0v) is 13.0. The van der Waals surface area contributed by atoms with E-state index in [1.807, 2.05) is 0 Å². The molecule has 1 aliphatic heterocycles. The summed E-state index contributed by atoms with van der Waals surface area (Å²) in [4.78, 5) is 7.96. The number of hydrogen-bond acceptors (Lipinski definition) is 3. The van der Waals surface area contributed by atoms with Gasteiger partial charge < -0.3 is 10.3 Å². The van der Waals surface area contributed by atoms with E-state index in [0.29, 0.717) is 4.64 Å². The first kappa shape index (κ1) is 13.0. The van der Waals surface area contributed by atoms with E-state index in [4.69, 9.17) is 12.2 Å². The van der Waals surface area contributed by atoms with Crippen molar-refractivity contribution < 1.29 is 0 Å². The molecule has 0 bridgehead atoms. The lowest BCUT2D eigenvalue weighted by molar-refractivity contribution is 0.624. The summed E-state index contributed by atoms with van der Waals surface area (Å²) in [6.07, 6.45) is 0.974. The Morgan fingerprint density at radius 1 is 1.37 bits per heavy atom. The molecule has 0 spiro atoms. The van der Waals surface area contributed by atoms with Crippen molar-refractivity contribution in [2.24, 2.45) is 0 Å². The van der Waals surface area contributed by atoms with Gasteiger partial charge in [0.25, 0.3) is 0 Å². The monoisotopic (exact) mass is 335 g/mol. The van der Waals surface area contributed by atoms with Gasteiger partial charge in [-0.3, -0.25) is 0 Å². The van der Waals surface area contributed by atoms with Crippen molar-refractivity contribution in [3.63, 3.8) is 0 Å². The number of nitrogens with zero attached hydrogens (tertiary/aromatic N) is 1. The summed E-state index contributed by atoms with van der Waals surface area (Å²) in [5, 5.41) is 3.32. The third-order valence-electron chi connectivity index (χ3n) is 3.40.